The highest BCUT2D eigenvalue weighted by atomic mass is 19.1. The summed E-state index contributed by atoms with van der Waals surface area (Å²) in [5, 5.41) is 10.0. The molecule has 1 aromatic rings. The molecule has 2 atom stereocenters. The third-order valence-electron chi connectivity index (χ3n) is 3.56. The van der Waals surface area contributed by atoms with Gasteiger partial charge in [0.15, 0.2) is 11.6 Å². The van der Waals surface area contributed by atoms with E-state index in [0.717, 1.165) is 19.3 Å². The van der Waals surface area contributed by atoms with Crippen molar-refractivity contribution in [3.8, 4) is 5.75 Å². The molecule has 1 saturated carbocycles. The normalized spacial score (nSPS) is 19.5. The number of aliphatic hydroxyl groups excluding tert-OH is 1. The number of halogens is 1. The quantitative estimate of drug-likeness (QED) is 0.845. The summed E-state index contributed by atoms with van der Waals surface area (Å²) in [6.07, 6.45) is 2.57. The standard InChI is InChI=1S/C13H18FNO2/c1-17-11-6-5-9(7-10(11)14)12(15)13(16)8-3-2-4-8/h5-8,12-13,16H,2-4,15H2,1H3/t12-,13+/m0/s1. The van der Waals surface area contributed by atoms with E-state index in [9.17, 15) is 9.50 Å². The SMILES string of the molecule is COc1ccc([C@H](N)[C@H](O)C2CCC2)cc1F. The monoisotopic (exact) mass is 239 g/mol. The van der Waals surface area contributed by atoms with Crippen molar-refractivity contribution in [1.29, 1.82) is 0 Å². The highest BCUT2D eigenvalue weighted by Crippen LogP contribution is 2.34. The van der Waals surface area contributed by atoms with Crippen molar-refractivity contribution in [3.63, 3.8) is 0 Å². The van der Waals surface area contributed by atoms with Gasteiger partial charge in [-0.05, 0) is 36.5 Å². The van der Waals surface area contributed by atoms with Crippen LogP contribution >= 0.6 is 0 Å². The first kappa shape index (κ1) is 12.3. The summed E-state index contributed by atoms with van der Waals surface area (Å²) in [5.41, 5.74) is 6.57. The molecule has 4 heteroatoms. The van der Waals surface area contributed by atoms with Gasteiger partial charge in [-0.2, -0.15) is 0 Å². The zero-order valence-corrected chi connectivity index (χ0v) is 9.90. The molecule has 0 saturated heterocycles. The van der Waals surface area contributed by atoms with Crippen LogP contribution < -0.4 is 10.5 Å². The van der Waals surface area contributed by atoms with Crippen LogP contribution in [-0.4, -0.2) is 18.3 Å². The molecule has 3 N–H and O–H groups in total. The van der Waals surface area contributed by atoms with Gasteiger partial charge in [-0.15, -0.1) is 0 Å². The lowest BCUT2D eigenvalue weighted by molar-refractivity contribution is 0.0413. The highest BCUT2D eigenvalue weighted by molar-refractivity contribution is 5.31. The average Bonchev–Trinajstić information content (AvgIpc) is 2.25. The minimum Gasteiger partial charge on any atom is -0.494 e. The van der Waals surface area contributed by atoms with Gasteiger partial charge >= 0.3 is 0 Å². The fourth-order valence-electron chi connectivity index (χ4n) is 2.16. The van der Waals surface area contributed by atoms with E-state index in [2.05, 4.69) is 0 Å². The molecule has 0 spiro atoms. The molecule has 0 aromatic heterocycles. The zero-order valence-electron chi connectivity index (χ0n) is 9.90. The van der Waals surface area contributed by atoms with Gasteiger partial charge in [0.25, 0.3) is 0 Å². The van der Waals surface area contributed by atoms with Crippen LogP contribution in [0.1, 0.15) is 30.9 Å². The van der Waals surface area contributed by atoms with E-state index in [1.807, 2.05) is 0 Å². The van der Waals surface area contributed by atoms with E-state index in [1.54, 1.807) is 6.07 Å². The van der Waals surface area contributed by atoms with Crippen LogP contribution in [0.2, 0.25) is 0 Å². The molecule has 3 nitrogen and oxygen atoms in total. The summed E-state index contributed by atoms with van der Waals surface area (Å²) in [5.74, 6) is 0.00973. The van der Waals surface area contributed by atoms with E-state index in [-0.39, 0.29) is 11.7 Å². The Morgan fingerprint density at radius 1 is 1.47 bits per heavy atom. The Hall–Kier alpha value is -1.13. The van der Waals surface area contributed by atoms with E-state index < -0.39 is 18.0 Å². The van der Waals surface area contributed by atoms with E-state index in [4.69, 9.17) is 10.5 Å². The number of rotatable bonds is 4. The Morgan fingerprint density at radius 2 is 2.18 bits per heavy atom. The molecule has 1 aliphatic carbocycles. The number of benzene rings is 1. The number of hydrogen-bond acceptors (Lipinski definition) is 3. The van der Waals surface area contributed by atoms with E-state index in [0.29, 0.717) is 5.56 Å². The van der Waals surface area contributed by atoms with Crippen LogP contribution in [0, 0.1) is 11.7 Å². The molecule has 1 aliphatic rings. The maximum absolute atomic E-state index is 13.5. The van der Waals surface area contributed by atoms with Crippen molar-refractivity contribution in [2.45, 2.75) is 31.4 Å². The minimum atomic E-state index is -0.587. The van der Waals surface area contributed by atoms with E-state index >= 15 is 0 Å². The number of nitrogens with two attached hydrogens (primary N) is 1. The van der Waals surface area contributed by atoms with Crippen molar-refractivity contribution in [2.75, 3.05) is 7.11 Å². The Balaban J connectivity index is 2.12. The molecule has 0 heterocycles. The second kappa shape index (κ2) is 5.02. The number of ether oxygens (including phenoxy) is 1. The molecule has 0 unspecified atom stereocenters. The highest BCUT2D eigenvalue weighted by Gasteiger charge is 2.30. The first-order valence-electron chi connectivity index (χ1n) is 5.90. The fourth-order valence-corrected chi connectivity index (χ4v) is 2.16. The van der Waals surface area contributed by atoms with Crippen molar-refractivity contribution >= 4 is 0 Å². The maximum Gasteiger partial charge on any atom is 0.165 e. The van der Waals surface area contributed by atoms with Crippen LogP contribution in [0.4, 0.5) is 4.39 Å². The molecular weight excluding hydrogens is 221 g/mol. The molecular formula is C13H18FNO2. The molecule has 0 amide bonds. The fraction of sp³-hybridized carbons (Fsp3) is 0.538. The molecule has 0 radical (unpaired) electrons. The first-order valence-corrected chi connectivity index (χ1v) is 5.90. The summed E-state index contributed by atoms with van der Waals surface area (Å²) in [6, 6.07) is 4.05. The van der Waals surface area contributed by atoms with E-state index in [1.165, 1.54) is 19.2 Å². The summed E-state index contributed by atoms with van der Waals surface area (Å²) >= 11 is 0. The Labute approximate surface area is 100 Å². The number of hydrogen-bond donors (Lipinski definition) is 2. The van der Waals surface area contributed by atoms with Gasteiger partial charge in [-0.25, -0.2) is 4.39 Å². The maximum atomic E-state index is 13.5. The van der Waals surface area contributed by atoms with Gasteiger partial charge in [0.05, 0.1) is 19.3 Å². The van der Waals surface area contributed by atoms with Crippen LogP contribution in [0.25, 0.3) is 0 Å². The molecule has 17 heavy (non-hydrogen) atoms. The topological polar surface area (TPSA) is 55.5 Å². The largest absolute Gasteiger partial charge is 0.494 e. The van der Waals surface area contributed by atoms with Crippen molar-refractivity contribution in [3.05, 3.63) is 29.6 Å². The first-order chi connectivity index (χ1) is 8.13. The van der Waals surface area contributed by atoms with Gasteiger partial charge in [0.2, 0.25) is 0 Å². The lowest BCUT2D eigenvalue weighted by Crippen LogP contribution is -2.36. The smallest absolute Gasteiger partial charge is 0.165 e. The predicted molar refractivity (Wildman–Crippen MR) is 63.2 cm³/mol. The van der Waals surface area contributed by atoms with Crippen molar-refractivity contribution in [2.24, 2.45) is 11.7 Å². The lowest BCUT2D eigenvalue weighted by atomic mass is 9.77. The van der Waals surface area contributed by atoms with Crippen LogP contribution in [-0.2, 0) is 0 Å². The third-order valence-corrected chi connectivity index (χ3v) is 3.56. The second-order valence-corrected chi connectivity index (χ2v) is 4.60. The Kier molecular flexibility index (Phi) is 3.64. The summed E-state index contributed by atoms with van der Waals surface area (Å²) in [6.45, 7) is 0. The van der Waals surface area contributed by atoms with Crippen molar-refractivity contribution < 1.29 is 14.2 Å². The molecule has 1 fully saturated rings. The van der Waals surface area contributed by atoms with Crippen LogP contribution in [0.15, 0.2) is 18.2 Å². The second-order valence-electron chi connectivity index (χ2n) is 4.60. The van der Waals surface area contributed by atoms with Gasteiger partial charge in [0.1, 0.15) is 0 Å². The van der Waals surface area contributed by atoms with Crippen molar-refractivity contribution in [1.82, 2.24) is 0 Å². The minimum absolute atomic E-state index is 0.194. The molecule has 0 aliphatic heterocycles. The zero-order chi connectivity index (χ0) is 12.4. The number of aliphatic hydroxyl groups is 1. The van der Waals surface area contributed by atoms with Crippen LogP contribution in [0.3, 0.4) is 0 Å². The summed E-state index contributed by atoms with van der Waals surface area (Å²) < 4.78 is 18.4. The van der Waals surface area contributed by atoms with Gasteiger partial charge in [-0.3, -0.25) is 0 Å². The third kappa shape index (κ3) is 2.42. The predicted octanol–water partition coefficient (Wildman–Crippen LogP) is 2.00. The Morgan fingerprint density at radius 3 is 2.65 bits per heavy atom. The molecule has 2 rings (SSSR count). The van der Waals surface area contributed by atoms with Crippen LogP contribution in [0.5, 0.6) is 5.75 Å². The molecule has 1 aromatic carbocycles. The summed E-state index contributed by atoms with van der Waals surface area (Å²) in [7, 11) is 1.42. The molecule has 94 valence electrons. The lowest BCUT2D eigenvalue weighted by Gasteiger charge is -2.33. The van der Waals surface area contributed by atoms with Gasteiger partial charge < -0.3 is 15.6 Å². The molecule has 0 bridgehead atoms. The Bertz CT molecular complexity index is 393. The van der Waals surface area contributed by atoms with Gasteiger partial charge in [-0.1, -0.05) is 12.5 Å². The van der Waals surface area contributed by atoms with Gasteiger partial charge in [0, 0.05) is 0 Å². The average molecular weight is 239 g/mol. The summed E-state index contributed by atoms with van der Waals surface area (Å²) in [4.78, 5) is 0. The number of methoxy groups -OCH3 is 1.